The Morgan fingerprint density at radius 2 is 1.64 bits per heavy atom. The number of likely N-dealkylation sites (N-methyl/N-ethyl adjacent to an activating group) is 1. The average molecular weight is 441 g/mol. The lowest BCUT2D eigenvalue weighted by Crippen LogP contribution is -2.43. The highest BCUT2D eigenvalue weighted by Gasteiger charge is 2.29. The van der Waals surface area contributed by atoms with Crippen molar-refractivity contribution < 1.29 is 4.79 Å². The summed E-state index contributed by atoms with van der Waals surface area (Å²) in [4.78, 5) is 44.7. The predicted molar refractivity (Wildman–Crippen MR) is 128 cm³/mol. The fraction of sp³-hybridized carbons (Fsp3) is 0.320. The number of hydrogen-bond acceptors (Lipinski definition) is 6. The number of para-hydroxylation sites is 2. The standard InChI is InChI=1S/C25H24N6O2/c1-29-13-14-31(23-22(29)27-18-7-4-5-8-19(18)28-23)24(32)16-10-11-17-20(15-16)26-21-9-3-2-6-12-30(21)25(17)33/h4-5,7-8,10-11,15H,2-3,6,9,12-14H2,1H3. The number of hydrogen-bond donors (Lipinski definition) is 0. The van der Waals surface area contributed by atoms with Crippen LogP contribution in [0.15, 0.2) is 47.3 Å². The van der Waals surface area contributed by atoms with Crippen molar-refractivity contribution >= 4 is 39.5 Å². The molecule has 0 saturated heterocycles. The van der Waals surface area contributed by atoms with Crippen LogP contribution in [0, 0.1) is 0 Å². The first-order valence-corrected chi connectivity index (χ1v) is 11.4. The van der Waals surface area contributed by atoms with Crippen molar-refractivity contribution in [3.63, 3.8) is 0 Å². The van der Waals surface area contributed by atoms with E-state index < -0.39 is 0 Å². The van der Waals surface area contributed by atoms with Gasteiger partial charge < -0.3 is 4.90 Å². The van der Waals surface area contributed by atoms with Crippen LogP contribution in [-0.2, 0) is 13.0 Å². The van der Waals surface area contributed by atoms with E-state index in [0.29, 0.717) is 47.7 Å². The van der Waals surface area contributed by atoms with E-state index >= 15 is 0 Å². The second kappa shape index (κ2) is 7.65. The zero-order valence-electron chi connectivity index (χ0n) is 18.5. The molecule has 4 aromatic rings. The lowest BCUT2D eigenvalue weighted by atomic mass is 10.1. The van der Waals surface area contributed by atoms with Crippen molar-refractivity contribution in [2.75, 3.05) is 29.9 Å². The predicted octanol–water partition coefficient (Wildman–Crippen LogP) is 3.16. The molecule has 2 aliphatic rings. The van der Waals surface area contributed by atoms with E-state index in [2.05, 4.69) is 0 Å². The minimum Gasteiger partial charge on any atom is -0.355 e. The molecule has 0 bridgehead atoms. The van der Waals surface area contributed by atoms with E-state index in [1.165, 1.54) is 0 Å². The maximum absolute atomic E-state index is 13.6. The van der Waals surface area contributed by atoms with E-state index in [4.69, 9.17) is 15.0 Å². The summed E-state index contributed by atoms with van der Waals surface area (Å²) in [6.45, 7) is 1.88. The van der Waals surface area contributed by atoms with Crippen LogP contribution in [0.3, 0.4) is 0 Å². The molecule has 0 unspecified atom stereocenters. The summed E-state index contributed by atoms with van der Waals surface area (Å²) in [6, 6.07) is 12.9. The normalized spacial score (nSPS) is 15.9. The molecule has 0 atom stereocenters. The van der Waals surface area contributed by atoms with E-state index in [1.54, 1.807) is 27.7 Å². The molecule has 0 aliphatic carbocycles. The average Bonchev–Trinajstić information content (AvgIpc) is 3.08. The molecule has 0 spiro atoms. The van der Waals surface area contributed by atoms with Gasteiger partial charge in [-0.25, -0.2) is 15.0 Å². The monoisotopic (exact) mass is 440 g/mol. The maximum atomic E-state index is 13.6. The Kier molecular flexibility index (Phi) is 4.60. The second-order valence-electron chi connectivity index (χ2n) is 8.77. The van der Waals surface area contributed by atoms with Crippen LogP contribution < -0.4 is 15.4 Å². The van der Waals surface area contributed by atoms with Crippen LogP contribution in [0.5, 0.6) is 0 Å². The minimum atomic E-state index is -0.160. The molecular weight excluding hydrogens is 416 g/mol. The summed E-state index contributed by atoms with van der Waals surface area (Å²) >= 11 is 0. The molecule has 33 heavy (non-hydrogen) atoms. The number of aromatic nitrogens is 4. The molecule has 2 aliphatic heterocycles. The van der Waals surface area contributed by atoms with Gasteiger partial charge in [0.25, 0.3) is 11.5 Å². The number of aryl methyl sites for hydroxylation is 1. The Labute approximate surface area is 190 Å². The van der Waals surface area contributed by atoms with Crippen molar-refractivity contribution in [1.29, 1.82) is 0 Å². The van der Waals surface area contributed by atoms with Crippen LogP contribution >= 0.6 is 0 Å². The van der Waals surface area contributed by atoms with Gasteiger partial charge in [-0.3, -0.25) is 19.1 Å². The first-order chi connectivity index (χ1) is 16.1. The highest BCUT2D eigenvalue weighted by Crippen LogP contribution is 2.31. The lowest BCUT2D eigenvalue weighted by molar-refractivity contribution is 0.0986. The van der Waals surface area contributed by atoms with Crippen molar-refractivity contribution in [1.82, 2.24) is 19.5 Å². The maximum Gasteiger partial charge on any atom is 0.261 e. The molecule has 0 radical (unpaired) electrons. The SMILES string of the molecule is CN1CCN(C(=O)c2ccc3c(=O)n4c(nc3c2)CCCCC4)c2nc3ccccc3nc21. The van der Waals surface area contributed by atoms with Gasteiger partial charge in [0, 0.05) is 38.7 Å². The summed E-state index contributed by atoms with van der Waals surface area (Å²) in [5.74, 6) is 1.91. The Hall–Kier alpha value is -3.81. The summed E-state index contributed by atoms with van der Waals surface area (Å²) < 4.78 is 1.80. The van der Waals surface area contributed by atoms with Gasteiger partial charge in [-0.2, -0.15) is 0 Å². The fourth-order valence-electron chi connectivity index (χ4n) is 4.79. The highest BCUT2D eigenvalue weighted by molar-refractivity contribution is 6.09. The molecular formula is C25H24N6O2. The lowest BCUT2D eigenvalue weighted by Gasteiger charge is -2.33. The molecule has 0 N–H and O–H groups in total. The topological polar surface area (TPSA) is 84.2 Å². The number of fused-ring (bicyclic) bond motifs is 4. The van der Waals surface area contributed by atoms with Crippen molar-refractivity contribution in [3.05, 3.63) is 64.2 Å². The number of benzene rings is 2. The van der Waals surface area contributed by atoms with Gasteiger partial charge in [0.05, 0.1) is 21.9 Å². The van der Waals surface area contributed by atoms with Crippen LogP contribution in [-0.4, -0.2) is 45.6 Å². The van der Waals surface area contributed by atoms with Crippen LogP contribution in [0.4, 0.5) is 11.6 Å². The number of rotatable bonds is 1. The summed E-state index contributed by atoms with van der Waals surface area (Å²) in [6.07, 6.45) is 3.91. The van der Waals surface area contributed by atoms with Gasteiger partial charge in [0.2, 0.25) is 0 Å². The van der Waals surface area contributed by atoms with Gasteiger partial charge in [0.15, 0.2) is 11.6 Å². The van der Waals surface area contributed by atoms with Crippen molar-refractivity contribution in [3.8, 4) is 0 Å². The van der Waals surface area contributed by atoms with Gasteiger partial charge in [-0.05, 0) is 43.2 Å². The largest absolute Gasteiger partial charge is 0.355 e. The number of anilines is 2. The van der Waals surface area contributed by atoms with Crippen molar-refractivity contribution in [2.24, 2.45) is 0 Å². The molecule has 0 fully saturated rings. The quantitative estimate of drug-likeness (QED) is 0.452. The molecule has 1 amide bonds. The van der Waals surface area contributed by atoms with Crippen LogP contribution in [0.25, 0.3) is 21.9 Å². The zero-order valence-corrected chi connectivity index (χ0v) is 18.5. The summed E-state index contributed by atoms with van der Waals surface area (Å²) in [7, 11) is 1.96. The Morgan fingerprint density at radius 1 is 0.848 bits per heavy atom. The van der Waals surface area contributed by atoms with E-state index in [0.717, 1.165) is 42.5 Å². The highest BCUT2D eigenvalue weighted by atomic mass is 16.2. The molecule has 2 aromatic carbocycles. The van der Waals surface area contributed by atoms with Gasteiger partial charge in [-0.15, -0.1) is 0 Å². The van der Waals surface area contributed by atoms with Crippen molar-refractivity contribution in [2.45, 2.75) is 32.2 Å². The van der Waals surface area contributed by atoms with Crippen LogP contribution in [0.2, 0.25) is 0 Å². The van der Waals surface area contributed by atoms with E-state index in [9.17, 15) is 9.59 Å². The first-order valence-electron chi connectivity index (χ1n) is 11.4. The first kappa shape index (κ1) is 19.8. The number of carbonyl (C=O) groups is 1. The molecule has 8 heteroatoms. The third-order valence-electron chi connectivity index (χ3n) is 6.62. The number of amides is 1. The third kappa shape index (κ3) is 3.25. The van der Waals surface area contributed by atoms with E-state index in [-0.39, 0.29) is 11.5 Å². The molecule has 0 saturated carbocycles. The number of nitrogens with zero attached hydrogens (tertiary/aromatic N) is 6. The Balaban J connectivity index is 1.44. The molecule has 166 valence electrons. The third-order valence-corrected chi connectivity index (χ3v) is 6.62. The van der Waals surface area contributed by atoms with Gasteiger partial charge in [0.1, 0.15) is 5.82 Å². The fourth-order valence-corrected chi connectivity index (χ4v) is 4.79. The Morgan fingerprint density at radius 3 is 2.45 bits per heavy atom. The zero-order chi connectivity index (χ0) is 22.5. The van der Waals surface area contributed by atoms with Crippen LogP contribution in [0.1, 0.15) is 35.4 Å². The minimum absolute atomic E-state index is 0.0156. The van der Waals surface area contributed by atoms with Gasteiger partial charge >= 0.3 is 0 Å². The number of carbonyl (C=O) groups excluding carboxylic acids is 1. The van der Waals surface area contributed by atoms with E-state index in [1.807, 2.05) is 36.2 Å². The molecule has 2 aromatic heterocycles. The molecule has 8 nitrogen and oxygen atoms in total. The molecule has 6 rings (SSSR count). The smallest absolute Gasteiger partial charge is 0.261 e. The molecule has 4 heterocycles. The summed E-state index contributed by atoms with van der Waals surface area (Å²) in [5, 5.41) is 0.557. The second-order valence-corrected chi connectivity index (χ2v) is 8.77. The van der Waals surface area contributed by atoms with Gasteiger partial charge in [-0.1, -0.05) is 18.6 Å². The summed E-state index contributed by atoms with van der Waals surface area (Å²) in [5.41, 5.74) is 2.61. The Bertz CT molecular complexity index is 1480.